The third-order valence-corrected chi connectivity index (χ3v) is 2.84. The van der Waals surface area contributed by atoms with E-state index >= 15 is 0 Å². The van der Waals surface area contributed by atoms with E-state index < -0.39 is 0 Å². The monoisotopic (exact) mass is 216 g/mol. The average molecular weight is 216 g/mol. The molecule has 2 aromatic rings. The Bertz CT molecular complexity index is 471. The predicted molar refractivity (Wildman–Crippen MR) is 65.7 cm³/mol. The minimum atomic E-state index is 0.958. The van der Waals surface area contributed by atoms with Gasteiger partial charge in [0, 0.05) is 7.05 Å². The van der Waals surface area contributed by atoms with Gasteiger partial charge < -0.3 is 0 Å². The lowest BCUT2D eigenvalue weighted by molar-refractivity contribution is -0.758. The zero-order valence-electron chi connectivity index (χ0n) is 10.1. The van der Waals surface area contributed by atoms with Crippen molar-refractivity contribution in [3.05, 3.63) is 42.1 Å². The highest BCUT2D eigenvalue weighted by atomic mass is 15.4. The van der Waals surface area contributed by atoms with Crippen molar-refractivity contribution in [2.75, 3.05) is 5.32 Å². The number of hydrogen-bond donors (Lipinski definition) is 1. The van der Waals surface area contributed by atoms with Crippen molar-refractivity contribution in [2.45, 2.75) is 20.4 Å². The molecule has 0 fully saturated rings. The van der Waals surface area contributed by atoms with Gasteiger partial charge in [0.2, 0.25) is 0 Å². The molecule has 0 atom stereocenters. The van der Waals surface area contributed by atoms with Gasteiger partial charge in [-0.05, 0) is 26.0 Å². The molecule has 1 heterocycles. The number of hydrogen-bond acceptors (Lipinski definition) is 1. The molecule has 84 valence electrons. The van der Waals surface area contributed by atoms with E-state index in [1.165, 1.54) is 5.69 Å². The van der Waals surface area contributed by atoms with E-state index in [1.807, 2.05) is 18.2 Å². The Labute approximate surface area is 96.3 Å². The summed E-state index contributed by atoms with van der Waals surface area (Å²) in [7, 11) is 2.08. The molecule has 2 rings (SSSR count). The van der Waals surface area contributed by atoms with Crippen LogP contribution in [0.15, 0.2) is 36.4 Å². The second kappa shape index (κ2) is 4.39. The Balaban J connectivity index is 2.31. The van der Waals surface area contributed by atoms with Gasteiger partial charge in [-0.25, -0.2) is 10.00 Å². The van der Waals surface area contributed by atoms with E-state index in [9.17, 15) is 0 Å². The van der Waals surface area contributed by atoms with Crippen molar-refractivity contribution in [3.63, 3.8) is 0 Å². The second-order valence-corrected chi connectivity index (χ2v) is 3.90. The minimum absolute atomic E-state index is 0.958. The second-order valence-electron chi connectivity index (χ2n) is 3.90. The topological polar surface area (TPSA) is 20.8 Å². The Morgan fingerprint density at radius 3 is 2.56 bits per heavy atom. The van der Waals surface area contributed by atoms with Crippen LogP contribution < -0.4 is 10.00 Å². The highest BCUT2D eigenvalue weighted by Gasteiger charge is 2.14. The van der Waals surface area contributed by atoms with Crippen LogP contribution in [-0.2, 0) is 13.6 Å². The summed E-state index contributed by atoms with van der Waals surface area (Å²) in [5, 5.41) is 3.43. The fourth-order valence-electron chi connectivity index (χ4n) is 1.87. The fourth-order valence-corrected chi connectivity index (χ4v) is 1.87. The molecule has 0 radical (unpaired) electrons. The Morgan fingerprint density at radius 2 is 1.94 bits per heavy atom. The standard InChI is InChI=1S/C13H17N3/c1-4-16-13(10-11(2)15(16)3)14-12-8-6-5-7-9-12/h5-10H,4H2,1-3H3/p+1. The van der Waals surface area contributed by atoms with Gasteiger partial charge in [-0.2, -0.15) is 4.68 Å². The van der Waals surface area contributed by atoms with Crippen molar-refractivity contribution < 1.29 is 4.68 Å². The van der Waals surface area contributed by atoms with Crippen LogP contribution in [0.1, 0.15) is 12.6 Å². The molecule has 1 N–H and O–H groups in total. The van der Waals surface area contributed by atoms with Gasteiger partial charge in [-0.3, -0.25) is 0 Å². The number of rotatable bonds is 3. The zero-order chi connectivity index (χ0) is 11.5. The van der Waals surface area contributed by atoms with E-state index in [2.05, 4.69) is 53.8 Å². The maximum atomic E-state index is 3.43. The molecule has 0 spiro atoms. The van der Waals surface area contributed by atoms with Gasteiger partial charge in [-0.15, -0.1) is 0 Å². The number of aryl methyl sites for hydroxylation is 1. The zero-order valence-corrected chi connectivity index (χ0v) is 10.1. The molecule has 0 aliphatic heterocycles. The van der Waals surface area contributed by atoms with Gasteiger partial charge in [0.05, 0.1) is 11.8 Å². The first kappa shape index (κ1) is 10.7. The summed E-state index contributed by atoms with van der Waals surface area (Å²) in [5.41, 5.74) is 2.37. The highest BCUT2D eigenvalue weighted by Crippen LogP contribution is 2.13. The van der Waals surface area contributed by atoms with Crippen LogP contribution in [0.4, 0.5) is 11.5 Å². The molecule has 0 aliphatic rings. The van der Waals surface area contributed by atoms with Crippen molar-refractivity contribution in [2.24, 2.45) is 7.05 Å². The van der Waals surface area contributed by atoms with Crippen molar-refractivity contribution in [3.8, 4) is 0 Å². The van der Waals surface area contributed by atoms with Gasteiger partial charge in [0.15, 0.2) is 0 Å². The molecule has 0 bridgehead atoms. The molecule has 0 amide bonds. The SMILES string of the molecule is CC[n+]1c(Nc2ccccc2)cc(C)n1C. The van der Waals surface area contributed by atoms with Crippen LogP contribution in [0.3, 0.4) is 0 Å². The lowest BCUT2D eigenvalue weighted by Crippen LogP contribution is -2.42. The van der Waals surface area contributed by atoms with Gasteiger partial charge in [-0.1, -0.05) is 18.2 Å². The van der Waals surface area contributed by atoms with Crippen LogP contribution in [-0.4, -0.2) is 4.68 Å². The number of nitrogens with zero attached hydrogens (tertiary/aromatic N) is 2. The summed E-state index contributed by atoms with van der Waals surface area (Å²) in [5.74, 6) is 1.13. The van der Waals surface area contributed by atoms with Gasteiger partial charge in [0.1, 0.15) is 12.2 Å². The van der Waals surface area contributed by atoms with Crippen LogP contribution in [0, 0.1) is 6.92 Å². The molecular formula is C13H18N3+. The molecule has 0 aliphatic carbocycles. The largest absolute Gasteiger partial charge is 0.300 e. The van der Waals surface area contributed by atoms with Crippen LogP contribution in [0.2, 0.25) is 0 Å². The van der Waals surface area contributed by atoms with Crippen LogP contribution in [0.25, 0.3) is 0 Å². The summed E-state index contributed by atoms with van der Waals surface area (Å²) in [6.45, 7) is 5.22. The summed E-state index contributed by atoms with van der Waals surface area (Å²) in [4.78, 5) is 0. The highest BCUT2D eigenvalue weighted by molar-refractivity contribution is 5.53. The van der Waals surface area contributed by atoms with Crippen LogP contribution in [0.5, 0.6) is 0 Å². The van der Waals surface area contributed by atoms with E-state index in [-0.39, 0.29) is 0 Å². The molecule has 0 saturated heterocycles. The van der Waals surface area contributed by atoms with E-state index in [4.69, 9.17) is 0 Å². The van der Waals surface area contributed by atoms with Crippen molar-refractivity contribution in [1.29, 1.82) is 0 Å². The number of benzene rings is 1. The maximum Gasteiger partial charge on any atom is 0.300 e. The van der Waals surface area contributed by atoms with Crippen molar-refractivity contribution >= 4 is 11.5 Å². The Kier molecular flexibility index (Phi) is 2.95. The van der Waals surface area contributed by atoms with Gasteiger partial charge >= 0.3 is 0 Å². The molecule has 3 heteroatoms. The smallest absolute Gasteiger partial charge is 0.239 e. The van der Waals surface area contributed by atoms with Crippen molar-refractivity contribution in [1.82, 2.24) is 4.68 Å². The molecule has 0 saturated carbocycles. The number of aromatic nitrogens is 2. The van der Waals surface area contributed by atoms with E-state index in [1.54, 1.807) is 0 Å². The maximum absolute atomic E-state index is 3.43. The predicted octanol–water partition coefficient (Wildman–Crippen LogP) is 2.38. The normalized spacial score (nSPS) is 10.4. The fraction of sp³-hybridized carbons (Fsp3) is 0.308. The lowest BCUT2D eigenvalue weighted by Gasteiger charge is -2.03. The summed E-state index contributed by atoms with van der Waals surface area (Å²) >= 11 is 0. The third kappa shape index (κ3) is 1.94. The van der Waals surface area contributed by atoms with Gasteiger partial charge in [0.25, 0.3) is 5.82 Å². The molecular weight excluding hydrogens is 198 g/mol. The Morgan fingerprint density at radius 1 is 1.25 bits per heavy atom. The molecule has 16 heavy (non-hydrogen) atoms. The molecule has 1 aromatic heterocycles. The quantitative estimate of drug-likeness (QED) is 0.781. The lowest BCUT2D eigenvalue weighted by atomic mass is 10.3. The minimum Gasteiger partial charge on any atom is -0.239 e. The summed E-state index contributed by atoms with van der Waals surface area (Å²) in [6, 6.07) is 12.4. The summed E-state index contributed by atoms with van der Waals surface area (Å²) < 4.78 is 4.37. The van der Waals surface area contributed by atoms with Crippen LogP contribution >= 0.6 is 0 Å². The molecule has 3 nitrogen and oxygen atoms in total. The molecule has 0 unspecified atom stereocenters. The average Bonchev–Trinajstić information content (AvgIpc) is 2.56. The number of nitrogens with one attached hydrogen (secondary N) is 1. The number of anilines is 2. The summed E-state index contributed by atoms with van der Waals surface area (Å²) in [6.07, 6.45) is 0. The molecule has 1 aromatic carbocycles. The van der Waals surface area contributed by atoms with E-state index in [0.29, 0.717) is 0 Å². The first-order valence-corrected chi connectivity index (χ1v) is 5.61. The third-order valence-electron chi connectivity index (χ3n) is 2.84. The first-order chi connectivity index (χ1) is 7.72. The Hall–Kier alpha value is -1.77. The van der Waals surface area contributed by atoms with E-state index in [0.717, 1.165) is 18.1 Å². The first-order valence-electron chi connectivity index (χ1n) is 5.61. The number of para-hydroxylation sites is 1.